The zero-order chi connectivity index (χ0) is 11.1. The smallest absolute Gasteiger partial charge is 0.0156 e. The van der Waals surface area contributed by atoms with Gasteiger partial charge in [0.25, 0.3) is 0 Å². The van der Waals surface area contributed by atoms with E-state index in [1.165, 1.54) is 13.1 Å². The summed E-state index contributed by atoms with van der Waals surface area (Å²) in [5.41, 5.74) is 0. The van der Waals surface area contributed by atoms with E-state index < -0.39 is 0 Å². The highest BCUT2D eigenvalue weighted by molar-refractivity contribution is 4.59. The molecule has 0 unspecified atom stereocenters. The van der Waals surface area contributed by atoms with Gasteiger partial charge in [-0.2, -0.15) is 0 Å². The summed E-state index contributed by atoms with van der Waals surface area (Å²) in [7, 11) is 0. The molecule has 0 aliphatic rings. The molecule has 14 heavy (non-hydrogen) atoms. The van der Waals surface area contributed by atoms with Crippen LogP contribution in [-0.4, -0.2) is 36.2 Å². The van der Waals surface area contributed by atoms with Crippen molar-refractivity contribution < 1.29 is 0 Å². The van der Waals surface area contributed by atoms with E-state index in [-0.39, 0.29) is 0 Å². The van der Waals surface area contributed by atoms with E-state index >= 15 is 0 Å². The van der Waals surface area contributed by atoms with Crippen LogP contribution in [0.3, 0.4) is 0 Å². The van der Waals surface area contributed by atoms with Crippen LogP contribution in [0.4, 0.5) is 0 Å². The SMILES string of the molecule is CCN(CC(C)C)N(CC)CC(C)C. The van der Waals surface area contributed by atoms with E-state index in [0.29, 0.717) is 0 Å². The monoisotopic (exact) mass is 200 g/mol. The predicted octanol–water partition coefficient (Wildman–Crippen LogP) is 2.86. The van der Waals surface area contributed by atoms with Gasteiger partial charge in [0.05, 0.1) is 0 Å². The Morgan fingerprint density at radius 1 is 0.714 bits per heavy atom. The topological polar surface area (TPSA) is 6.48 Å². The molecule has 0 aromatic rings. The third-order valence-corrected chi connectivity index (χ3v) is 2.28. The highest BCUT2D eigenvalue weighted by atomic mass is 15.6. The summed E-state index contributed by atoms with van der Waals surface area (Å²) in [5.74, 6) is 1.49. The first kappa shape index (κ1) is 13.9. The Labute approximate surface area is 90.2 Å². The highest BCUT2D eigenvalue weighted by Crippen LogP contribution is 2.06. The lowest BCUT2D eigenvalue weighted by Crippen LogP contribution is -2.46. The fourth-order valence-corrected chi connectivity index (χ4v) is 1.73. The van der Waals surface area contributed by atoms with Crippen molar-refractivity contribution in [1.29, 1.82) is 0 Å². The second-order valence-corrected chi connectivity index (χ2v) is 4.80. The maximum atomic E-state index is 2.48. The van der Waals surface area contributed by atoms with Crippen LogP contribution in [0.1, 0.15) is 41.5 Å². The van der Waals surface area contributed by atoms with Crippen molar-refractivity contribution in [2.45, 2.75) is 41.5 Å². The molecule has 0 aromatic heterocycles. The van der Waals surface area contributed by atoms with Crippen LogP contribution in [-0.2, 0) is 0 Å². The van der Waals surface area contributed by atoms with Gasteiger partial charge in [-0.1, -0.05) is 41.5 Å². The lowest BCUT2D eigenvalue weighted by Gasteiger charge is -2.35. The average Bonchev–Trinajstić information content (AvgIpc) is 2.10. The maximum absolute atomic E-state index is 2.48. The molecular formula is C12H28N2. The van der Waals surface area contributed by atoms with E-state index in [1.807, 2.05) is 0 Å². The zero-order valence-electron chi connectivity index (χ0n) is 10.9. The van der Waals surface area contributed by atoms with Gasteiger partial charge in [-0.05, 0) is 11.8 Å². The van der Waals surface area contributed by atoms with Crippen molar-refractivity contribution in [2.75, 3.05) is 26.2 Å². The number of hydrazine groups is 1. The minimum Gasteiger partial charge on any atom is -0.242 e. The molecular weight excluding hydrogens is 172 g/mol. The van der Waals surface area contributed by atoms with Crippen molar-refractivity contribution in [2.24, 2.45) is 11.8 Å². The molecule has 0 aliphatic carbocycles. The normalized spacial score (nSPS) is 12.4. The van der Waals surface area contributed by atoms with Gasteiger partial charge in [0, 0.05) is 26.2 Å². The molecule has 0 fully saturated rings. The molecule has 0 amide bonds. The van der Waals surface area contributed by atoms with Gasteiger partial charge < -0.3 is 0 Å². The predicted molar refractivity (Wildman–Crippen MR) is 64.2 cm³/mol. The van der Waals surface area contributed by atoms with E-state index in [0.717, 1.165) is 24.9 Å². The van der Waals surface area contributed by atoms with E-state index in [1.54, 1.807) is 0 Å². The largest absolute Gasteiger partial charge is 0.242 e. The molecule has 0 radical (unpaired) electrons. The standard InChI is InChI=1S/C12H28N2/c1-7-13(9-11(3)4)14(8-2)10-12(5)6/h11-12H,7-10H2,1-6H3. The van der Waals surface area contributed by atoms with Crippen molar-refractivity contribution in [3.63, 3.8) is 0 Å². The van der Waals surface area contributed by atoms with Crippen LogP contribution < -0.4 is 0 Å². The van der Waals surface area contributed by atoms with Gasteiger partial charge in [-0.15, -0.1) is 0 Å². The Morgan fingerprint density at radius 2 is 1.00 bits per heavy atom. The zero-order valence-corrected chi connectivity index (χ0v) is 10.9. The fraction of sp³-hybridized carbons (Fsp3) is 1.00. The second kappa shape index (κ2) is 7.24. The molecule has 0 spiro atoms. The Bertz CT molecular complexity index is 116. The second-order valence-electron chi connectivity index (χ2n) is 4.80. The molecule has 0 atom stereocenters. The fourth-order valence-electron chi connectivity index (χ4n) is 1.73. The van der Waals surface area contributed by atoms with Gasteiger partial charge in [-0.25, -0.2) is 10.0 Å². The van der Waals surface area contributed by atoms with Gasteiger partial charge in [0.2, 0.25) is 0 Å². The summed E-state index contributed by atoms with van der Waals surface area (Å²) in [6.45, 7) is 18.2. The molecule has 0 bridgehead atoms. The Morgan fingerprint density at radius 3 is 1.14 bits per heavy atom. The summed E-state index contributed by atoms with van der Waals surface area (Å²) in [5, 5.41) is 4.95. The van der Waals surface area contributed by atoms with Crippen molar-refractivity contribution in [1.82, 2.24) is 10.0 Å². The van der Waals surface area contributed by atoms with Gasteiger partial charge in [0.15, 0.2) is 0 Å². The quantitative estimate of drug-likeness (QED) is 0.583. The van der Waals surface area contributed by atoms with Crippen LogP contribution in [0, 0.1) is 11.8 Å². The van der Waals surface area contributed by atoms with Crippen molar-refractivity contribution in [3.8, 4) is 0 Å². The first-order chi connectivity index (χ1) is 6.51. The Hall–Kier alpha value is -0.0800. The highest BCUT2D eigenvalue weighted by Gasteiger charge is 2.13. The van der Waals surface area contributed by atoms with Gasteiger partial charge in [0.1, 0.15) is 0 Å². The molecule has 2 heteroatoms. The molecule has 0 heterocycles. The third kappa shape index (κ3) is 5.61. The number of hydrogen-bond donors (Lipinski definition) is 0. The lowest BCUT2D eigenvalue weighted by atomic mass is 10.2. The summed E-state index contributed by atoms with van der Waals surface area (Å²) in [4.78, 5) is 0. The lowest BCUT2D eigenvalue weighted by molar-refractivity contribution is -0.0337. The van der Waals surface area contributed by atoms with E-state index in [2.05, 4.69) is 51.6 Å². The van der Waals surface area contributed by atoms with Crippen molar-refractivity contribution >= 4 is 0 Å². The minimum atomic E-state index is 0.746. The average molecular weight is 200 g/mol. The summed E-state index contributed by atoms with van der Waals surface area (Å²) in [6.07, 6.45) is 0. The molecule has 0 N–H and O–H groups in total. The Kier molecular flexibility index (Phi) is 7.20. The third-order valence-electron chi connectivity index (χ3n) is 2.28. The Balaban J connectivity index is 4.14. The van der Waals surface area contributed by atoms with Gasteiger partial charge >= 0.3 is 0 Å². The molecule has 86 valence electrons. The van der Waals surface area contributed by atoms with E-state index in [4.69, 9.17) is 0 Å². The summed E-state index contributed by atoms with van der Waals surface area (Å²) in [6, 6.07) is 0. The van der Waals surface area contributed by atoms with E-state index in [9.17, 15) is 0 Å². The molecule has 2 nitrogen and oxygen atoms in total. The maximum Gasteiger partial charge on any atom is 0.0156 e. The molecule has 0 saturated heterocycles. The molecule has 0 aromatic carbocycles. The van der Waals surface area contributed by atoms with Crippen LogP contribution in [0.2, 0.25) is 0 Å². The van der Waals surface area contributed by atoms with Crippen LogP contribution in [0.5, 0.6) is 0 Å². The van der Waals surface area contributed by atoms with Crippen LogP contribution in [0.25, 0.3) is 0 Å². The minimum absolute atomic E-state index is 0.746. The number of rotatable bonds is 7. The van der Waals surface area contributed by atoms with Crippen LogP contribution in [0.15, 0.2) is 0 Å². The molecule has 0 saturated carbocycles. The van der Waals surface area contributed by atoms with Gasteiger partial charge in [-0.3, -0.25) is 0 Å². The first-order valence-corrected chi connectivity index (χ1v) is 6.01. The molecule has 0 rings (SSSR count). The summed E-state index contributed by atoms with van der Waals surface area (Å²) < 4.78 is 0. The summed E-state index contributed by atoms with van der Waals surface area (Å²) >= 11 is 0. The first-order valence-electron chi connectivity index (χ1n) is 6.01. The van der Waals surface area contributed by atoms with Crippen LogP contribution >= 0.6 is 0 Å². The number of hydrogen-bond acceptors (Lipinski definition) is 2. The van der Waals surface area contributed by atoms with Crippen molar-refractivity contribution in [3.05, 3.63) is 0 Å². The number of nitrogens with zero attached hydrogens (tertiary/aromatic N) is 2. The molecule has 0 aliphatic heterocycles.